The van der Waals surface area contributed by atoms with E-state index in [9.17, 15) is 4.79 Å². The Kier molecular flexibility index (Phi) is 3.77. The van der Waals surface area contributed by atoms with E-state index in [1.54, 1.807) is 16.7 Å². The molecule has 1 aromatic carbocycles. The second-order valence-corrected chi connectivity index (χ2v) is 4.86. The van der Waals surface area contributed by atoms with Crippen LogP contribution < -0.4 is 10.3 Å². The van der Waals surface area contributed by atoms with Gasteiger partial charge in [-0.1, -0.05) is 12.1 Å². The molecule has 0 fully saturated rings. The minimum atomic E-state index is 0.0315. The number of aryl methyl sites for hydroxylation is 2. The van der Waals surface area contributed by atoms with Crippen molar-refractivity contribution in [3.05, 3.63) is 65.2 Å². The Labute approximate surface area is 123 Å². The Hall–Kier alpha value is -2.49. The zero-order valence-corrected chi connectivity index (χ0v) is 12.0. The molecule has 0 N–H and O–H groups in total. The SMILES string of the molecule is CCOc1cccc2c1ccn2CCn1ccccc1=O. The molecule has 3 rings (SSSR count). The van der Waals surface area contributed by atoms with E-state index >= 15 is 0 Å². The molecule has 0 atom stereocenters. The summed E-state index contributed by atoms with van der Waals surface area (Å²) >= 11 is 0. The molecule has 0 saturated carbocycles. The van der Waals surface area contributed by atoms with Crippen LogP contribution in [0, 0.1) is 0 Å². The van der Waals surface area contributed by atoms with Crippen LogP contribution in [0.4, 0.5) is 0 Å². The minimum Gasteiger partial charge on any atom is -0.493 e. The van der Waals surface area contributed by atoms with E-state index < -0.39 is 0 Å². The van der Waals surface area contributed by atoms with Gasteiger partial charge in [-0.25, -0.2) is 0 Å². The van der Waals surface area contributed by atoms with Gasteiger partial charge >= 0.3 is 0 Å². The highest BCUT2D eigenvalue weighted by Crippen LogP contribution is 2.26. The third-order valence-electron chi connectivity index (χ3n) is 3.55. The average molecular weight is 282 g/mol. The molecule has 0 aliphatic rings. The van der Waals surface area contributed by atoms with Gasteiger partial charge in [0.15, 0.2) is 0 Å². The summed E-state index contributed by atoms with van der Waals surface area (Å²) in [5.41, 5.74) is 1.16. The van der Waals surface area contributed by atoms with E-state index in [0.717, 1.165) is 23.2 Å². The van der Waals surface area contributed by atoms with E-state index in [-0.39, 0.29) is 5.56 Å². The molecule has 4 nitrogen and oxygen atoms in total. The molecule has 0 unspecified atom stereocenters. The van der Waals surface area contributed by atoms with Crippen molar-refractivity contribution >= 4 is 10.9 Å². The summed E-state index contributed by atoms with van der Waals surface area (Å²) in [6.45, 7) is 4.05. The van der Waals surface area contributed by atoms with Crippen molar-refractivity contribution < 1.29 is 4.74 Å². The summed E-state index contributed by atoms with van der Waals surface area (Å²) in [6, 6.07) is 13.3. The van der Waals surface area contributed by atoms with Crippen LogP contribution in [0.5, 0.6) is 5.75 Å². The average Bonchev–Trinajstić information content (AvgIpc) is 2.91. The Morgan fingerprint density at radius 1 is 0.952 bits per heavy atom. The van der Waals surface area contributed by atoms with Gasteiger partial charge in [-0.3, -0.25) is 4.79 Å². The molecule has 0 aliphatic carbocycles. The molecule has 2 heterocycles. The third kappa shape index (κ3) is 2.70. The van der Waals surface area contributed by atoms with Gasteiger partial charge in [-0.15, -0.1) is 0 Å². The molecule has 2 aromatic heterocycles. The van der Waals surface area contributed by atoms with Gasteiger partial charge in [0.05, 0.1) is 12.1 Å². The number of rotatable bonds is 5. The van der Waals surface area contributed by atoms with Gasteiger partial charge in [0.2, 0.25) is 0 Å². The van der Waals surface area contributed by atoms with Gasteiger partial charge in [0, 0.05) is 36.9 Å². The van der Waals surface area contributed by atoms with Crippen LogP contribution in [-0.2, 0) is 13.1 Å². The lowest BCUT2D eigenvalue weighted by Gasteiger charge is -2.09. The standard InChI is InChI=1S/C17H18N2O2/c1-2-21-16-7-5-6-15-14(16)9-11-18(15)12-13-19-10-4-3-8-17(19)20/h3-11H,2,12-13H2,1H3. The lowest BCUT2D eigenvalue weighted by atomic mass is 10.2. The summed E-state index contributed by atoms with van der Waals surface area (Å²) in [6.07, 6.45) is 3.86. The van der Waals surface area contributed by atoms with Crippen LogP contribution in [0.3, 0.4) is 0 Å². The Balaban J connectivity index is 1.87. The predicted molar refractivity (Wildman–Crippen MR) is 83.8 cm³/mol. The molecular formula is C17H18N2O2. The number of nitrogens with zero attached hydrogens (tertiary/aromatic N) is 2. The highest BCUT2D eigenvalue weighted by molar-refractivity contribution is 5.86. The molecule has 0 spiro atoms. The number of aromatic nitrogens is 2. The number of ether oxygens (including phenoxy) is 1. The highest BCUT2D eigenvalue weighted by atomic mass is 16.5. The Morgan fingerprint density at radius 3 is 2.62 bits per heavy atom. The van der Waals surface area contributed by atoms with E-state index in [1.807, 2.05) is 37.5 Å². The summed E-state index contributed by atoms with van der Waals surface area (Å²) in [5.74, 6) is 0.908. The summed E-state index contributed by atoms with van der Waals surface area (Å²) < 4.78 is 9.52. The summed E-state index contributed by atoms with van der Waals surface area (Å²) in [4.78, 5) is 11.7. The van der Waals surface area contributed by atoms with Gasteiger partial charge < -0.3 is 13.9 Å². The molecule has 3 aromatic rings. The fourth-order valence-corrected chi connectivity index (χ4v) is 2.53. The van der Waals surface area contributed by atoms with Crippen LogP contribution in [0.2, 0.25) is 0 Å². The molecule has 4 heteroatoms. The van der Waals surface area contributed by atoms with E-state index in [1.165, 1.54) is 0 Å². The maximum atomic E-state index is 11.7. The van der Waals surface area contributed by atoms with Crippen molar-refractivity contribution in [2.75, 3.05) is 6.61 Å². The number of hydrogen-bond donors (Lipinski definition) is 0. The van der Waals surface area contributed by atoms with Gasteiger partial charge in [-0.05, 0) is 31.2 Å². The maximum Gasteiger partial charge on any atom is 0.250 e. The number of pyridine rings is 1. The highest BCUT2D eigenvalue weighted by Gasteiger charge is 2.06. The van der Waals surface area contributed by atoms with Crippen LogP contribution >= 0.6 is 0 Å². The topological polar surface area (TPSA) is 36.2 Å². The van der Waals surface area contributed by atoms with E-state index in [2.05, 4.69) is 16.7 Å². The van der Waals surface area contributed by atoms with E-state index in [0.29, 0.717) is 13.2 Å². The quantitative estimate of drug-likeness (QED) is 0.721. The number of fused-ring (bicyclic) bond motifs is 1. The number of hydrogen-bond acceptors (Lipinski definition) is 2. The fourth-order valence-electron chi connectivity index (χ4n) is 2.53. The zero-order valence-electron chi connectivity index (χ0n) is 12.0. The molecule has 0 radical (unpaired) electrons. The third-order valence-corrected chi connectivity index (χ3v) is 3.55. The van der Waals surface area contributed by atoms with Crippen LogP contribution in [0.25, 0.3) is 10.9 Å². The first-order valence-electron chi connectivity index (χ1n) is 7.15. The molecule has 0 aliphatic heterocycles. The van der Waals surface area contributed by atoms with Crippen molar-refractivity contribution in [2.45, 2.75) is 20.0 Å². The second kappa shape index (κ2) is 5.87. The Bertz CT molecular complexity index is 802. The number of benzene rings is 1. The van der Waals surface area contributed by atoms with Gasteiger partial charge in [0.25, 0.3) is 5.56 Å². The summed E-state index contributed by atoms with van der Waals surface area (Å²) in [5, 5.41) is 1.11. The van der Waals surface area contributed by atoms with Crippen molar-refractivity contribution in [3.63, 3.8) is 0 Å². The normalized spacial score (nSPS) is 10.9. The fraction of sp³-hybridized carbons (Fsp3) is 0.235. The van der Waals surface area contributed by atoms with Crippen LogP contribution in [0.1, 0.15) is 6.92 Å². The van der Waals surface area contributed by atoms with Crippen LogP contribution in [0.15, 0.2) is 59.7 Å². The minimum absolute atomic E-state index is 0.0315. The van der Waals surface area contributed by atoms with Crippen molar-refractivity contribution in [1.82, 2.24) is 9.13 Å². The van der Waals surface area contributed by atoms with Gasteiger partial charge in [-0.2, -0.15) is 0 Å². The molecule has 21 heavy (non-hydrogen) atoms. The van der Waals surface area contributed by atoms with Gasteiger partial charge in [0.1, 0.15) is 5.75 Å². The first-order chi connectivity index (χ1) is 10.3. The Morgan fingerprint density at radius 2 is 1.81 bits per heavy atom. The van der Waals surface area contributed by atoms with Crippen molar-refractivity contribution in [3.8, 4) is 5.75 Å². The lowest BCUT2D eigenvalue weighted by molar-refractivity contribution is 0.344. The molecule has 0 saturated heterocycles. The lowest BCUT2D eigenvalue weighted by Crippen LogP contribution is -2.20. The maximum absolute atomic E-state index is 11.7. The molecule has 0 bridgehead atoms. The monoisotopic (exact) mass is 282 g/mol. The van der Waals surface area contributed by atoms with Crippen molar-refractivity contribution in [2.24, 2.45) is 0 Å². The molecule has 0 amide bonds. The largest absolute Gasteiger partial charge is 0.493 e. The second-order valence-electron chi connectivity index (χ2n) is 4.86. The molecule has 108 valence electrons. The van der Waals surface area contributed by atoms with E-state index in [4.69, 9.17) is 4.74 Å². The smallest absolute Gasteiger partial charge is 0.250 e. The predicted octanol–water partition coefficient (Wildman–Crippen LogP) is 2.90. The van der Waals surface area contributed by atoms with Crippen molar-refractivity contribution in [1.29, 1.82) is 0 Å². The van der Waals surface area contributed by atoms with Crippen LogP contribution in [-0.4, -0.2) is 15.7 Å². The first-order valence-corrected chi connectivity index (χ1v) is 7.15. The zero-order chi connectivity index (χ0) is 14.7. The summed E-state index contributed by atoms with van der Waals surface area (Å²) in [7, 11) is 0. The molecular weight excluding hydrogens is 264 g/mol. The first kappa shape index (κ1) is 13.5.